The molecule has 1 aromatic heterocycles. The first kappa shape index (κ1) is 21.3. The molecule has 6 nitrogen and oxygen atoms in total. The molecule has 2 aromatic carbocycles. The Morgan fingerprint density at radius 2 is 1.93 bits per heavy atom. The molecule has 0 bridgehead atoms. The number of hydrogen-bond acceptors (Lipinski definition) is 5. The molecule has 0 aliphatic rings. The summed E-state index contributed by atoms with van der Waals surface area (Å²) in [7, 11) is 4.10. The number of para-hydroxylation sites is 1. The average Bonchev–Trinajstić information content (AvgIpc) is 2.70. The fourth-order valence-corrected chi connectivity index (χ4v) is 3.17. The van der Waals surface area contributed by atoms with Crippen LogP contribution in [0, 0.1) is 0 Å². The number of carbonyl (C=O) groups is 1. The molecule has 3 rings (SSSR count). The lowest BCUT2D eigenvalue weighted by atomic mass is 10.1. The van der Waals surface area contributed by atoms with Crippen LogP contribution in [0.2, 0.25) is 5.02 Å². The molecule has 0 aliphatic carbocycles. The number of benzene rings is 2. The highest BCUT2D eigenvalue weighted by molar-refractivity contribution is 6.31. The highest BCUT2D eigenvalue weighted by atomic mass is 35.5. The van der Waals surface area contributed by atoms with Gasteiger partial charge in [-0.2, -0.15) is 0 Å². The number of fused-ring (bicyclic) bond motifs is 1. The lowest BCUT2D eigenvalue weighted by Gasteiger charge is -2.14. The van der Waals surface area contributed by atoms with Gasteiger partial charge in [0, 0.05) is 22.5 Å². The van der Waals surface area contributed by atoms with Crippen LogP contribution in [-0.2, 0) is 4.79 Å². The molecule has 2 N–H and O–H groups in total. The van der Waals surface area contributed by atoms with Crippen molar-refractivity contribution in [2.75, 3.05) is 43.7 Å². The van der Waals surface area contributed by atoms with E-state index < -0.39 is 0 Å². The molecule has 152 valence electrons. The second kappa shape index (κ2) is 9.87. The molecule has 0 spiro atoms. The van der Waals surface area contributed by atoms with E-state index in [4.69, 9.17) is 33.2 Å². The number of nitrogens with zero attached hydrogens (tertiary/aromatic N) is 3. The summed E-state index contributed by atoms with van der Waals surface area (Å²) in [6.07, 6.45) is 0.985. The van der Waals surface area contributed by atoms with Crippen molar-refractivity contribution in [3.05, 3.63) is 47.5 Å². The maximum atomic E-state index is 11.8. The van der Waals surface area contributed by atoms with Crippen LogP contribution in [0.4, 0.5) is 11.5 Å². The first-order valence-corrected chi connectivity index (χ1v) is 10.2. The molecule has 0 unspecified atom stereocenters. The summed E-state index contributed by atoms with van der Waals surface area (Å²) in [5.41, 5.74) is 2.02. The molecule has 0 aliphatic heterocycles. The van der Waals surface area contributed by atoms with Crippen molar-refractivity contribution in [2.24, 2.45) is 0 Å². The summed E-state index contributed by atoms with van der Waals surface area (Å²) in [5, 5.41) is 7.64. The van der Waals surface area contributed by atoms with Gasteiger partial charge in [0.05, 0.1) is 11.2 Å². The molecule has 29 heavy (non-hydrogen) atoms. The van der Waals surface area contributed by atoms with Gasteiger partial charge in [-0.25, -0.2) is 9.97 Å². The highest BCUT2D eigenvalue weighted by Crippen LogP contribution is 2.31. The largest absolute Gasteiger partial charge is 0.369 e. The van der Waals surface area contributed by atoms with Crippen LogP contribution in [-0.4, -0.2) is 53.8 Å². The lowest BCUT2D eigenvalue weighted by Crippen LogP contribution is -2.17. The van der Waals surface area contributed by atoms with Crippen LogP contribution in [0.15, 0.2) is 42.5 Å². The number of rotatable bonds is 8. The molecule has 8 heteroatoms. The number of halogens is 2. The van der Waals surface area contributed by atoms with Gasteiger partial charge in [-0.05, 0) is 57.4 Å². The fraction of sp³-hybridized carbons (Fsp3) is 0.286. The van der Waals surface area contributed by atoms with E-state index in [1.54, 1.807) is 18.2 Å². The predicted molar refractivity (Wildman–Crippen MR) is 121 cm³/mol. The van der Waals surface area contributed by atoms with Crippen LogP contribution in [0.1, 0.15) is 6.42 Å². The van der Waals surface area contributed by atoms with Gasteiger partial charge < -0.3 is 15.5 Å². The molecule has 1 heterocycles. The number of hydrogen-bond donors (Lipinski definition) is 2. The van der Waals surface area contributed by atoms with Crippen molar-refractivity contribution < 1.29 is 4.79 Å². The second-order valence-corrected chi connectivity index (χ2v) is 7.57. The summed E-state index contributed by atoms with van der Waals surface area (Å²) in [6, 6.07) is 13.0. The van der Waals surface area contributed by atoms with Gasteiger partial charge in [0.25, 0.3) is 0 Å². The predicted octanol–water partition coefficient (Wildman–Crippen LogP) is 4.49. The number of anilines is 2. The third-order valence-electron chi connectivity index (χ3n) is 4.30. The van der Waals surface area contributed by atoms with Crippen molar-refractivity contribution in [1.82, 2.24) is 14.9 Å². The molecule has 0 fully saturated rings. The lowest BCUT2D eigenvalue weighted by molar-refractivity contribution is -0.113. The quantitative estimate of drug-likeness (QED) is 0.406. The third-order valence-corrected chi connectivity index (χ3v) is 4.77. The monoisotopic (exact) mass is 431 g/mol. The smallest absolute Gasteiger partial charge is 0.239 e. The molecule has 0 atom stereocenters. The van der Waals surface area contributed by atoms with Crippen molar-refractivity contribution in [3.8, 4) is 11.4 Å². The highest BCUT2D eigenvalue weighted by Gasteiger charge is 2.14. The van der Waals surface area contributed by atoms with Gasteiger partial charge in [-0.1, -0.05) is 23.7 Å². The number of amides is 1. The third kappa shape index (κ3) is 5.56. The Kier molecular flexibility index (Phi) is 7.25. The normalized spacial score (nSPS) is 11.1. The minimum atomic E-state index is -0.321. The van der Waals surface area contributed by atoms with Crippen molar-refractivity contribution in [2.45, 2.75) is 6.42 Å². The fourth-order valence-electron chi connectivity index (χ4n) is 2.93. The molecule has 3 aromatic rings. The maximum Gasteiger partial charge on any atom is 0.239 e. The SMILES string of the molecule is CN(C)CCCNc1nc(-c2ccc(Cl)cc2NC(=O)CCl)nc2ccccc12. The van der Waals surface area contributed by atoms with Crippen molar-refractivity contribution in [1.29, 1.82) is 0 Å². The van der Waals surface area contributed by atoms with E-state index in [0.29, 0.717) is 22.1 Å². The maximum absolute atomic E-state index is 11.8. The summed E-state index contributed by atoms with van der Waals surface area (Å²) >= 11 is 11.8. The first-order chi connectivity index (χ1) is 14.0. The van der Waals surface area contributed by atoms with Crippen molar-refractivity contribution in [3.63, 3.8) is 0 Å². The summed E-state index contributed by atoms with van der Waals surface area (Å²) < 4.78 is 0. The van der Waals surface area contributed by atoms with Crippen molar-refractivity contribution >= 4 is 51.5 Å². The zero-order valence-corrected chi connectivity index (χ0v) is 17.9. The first-order valence-electron chi connectivity index (χ1n) is 9.29. The van der Waals surface area contributed by atoms with Crippen LogP contribution >= 0.6 is 23.2 Å². The van der Waals surface area contributed by atoms with Crippen LogP contribution in [0.5, 0.6) is 0 Å². The Bertz CT molecular complexity index is 1010. The summed E-state index contributed by atoms with van der Waals surface area (Å²) in [6.45, 7) is 1.77. The average molecular weight is 432 g/mol. The van der Waals surface area contributed by atoms with Crippen LogP contribution in [0.25, 0.3) is 22.3 Å². The molecule has 0 radical (unpaired) electrons. The number of carbonyl (C=O) groups excluding carboxylic acids is 1. The topological polar surface area (TPSA) is 70.2 Å². The van der Waals surface area contributed by atoms with Gasteiger partial charge in [-0.3, -0.25) is 4.79 Å². The van der Waals surface area contributed by atoms with Gasteiger partial charge in [0.15, 0.2) is 5.82 Å². The van der Waals surface area contributed by atoms with E-state index in [0.717, 1.165) is 36.2 Å². The number of nitrogens with one attached hydrogen (secondary N) is 2. The van der Waals surface area contributed by atoms with E-state index in [1.807, 2.05) is 24.3 Å². The zero-order valence-electron chi connectivity index (χ0n) is 16.4. The zero-order chi connectivity index (χ0) is 20.8. The van der Waals surface area contributed by atoms with E-state index >= 15 is 0 Å². The van der Waals surface area contributed by atoms with Gasteiger partial charge in [0.2, 0.25) is 5.91 Å². The van der Waals surface area contributed by atoms with E-state index in [1.165, 1.54) is 0 Å². The van der Waals surface area contributed by atoms with Gasteiger partial charge in [0.1, 0.15) is 11.7 Å². The Labute approximate surface area is 180 Å². The van der Waals surface area contributed by atoms with E-state index in [2.05, 4.69) is 29.6 Å². The van der Waals surface area contributed by atoms with Gasteiger partial charge >= 0.3 is 0 Å². The van der Waals surface area contributed by atoms with Crippen LogP contribution < -0.4 is 10.6 Å². The standard InChI is InChI=1S/C21H23Cl2N5O/c1-28(2)11-5-10-24-20-15-6-3-4-7-17(15)26-21(27-20)16-9-8-14(23)12-18(16)25-19(29)13-22/h3-4,6-9,12H,5,10-11,13H2,1-2H3,(H,25,29)(H,24,26,27). The molecular weight excluding hydrogens is 409 g/mol. The molecule has 0 saturated carbocycles. The molecular formula is C21H23Cl2N5O. The minimum Gasteiger partial charge on any atom is -0.369 e. The Hall–Kier alpha value is -2.41. The van der Waals surface area contributed by atoms with E-state index in [9.17, 15) is 4.79 Å². The summed E-state index contributed by atoms with van der Waals surface area (Å²) in [4.78, 5) is 23.4. The summed E-state index contributed by atoms with van der Waals surface area (Å²) in [5.74, 6) is 0.788. The minimum absolute atomic E-state index is 0.150. The Morgan fingerprint density at radius 3 is 2.69 bits per heavy atom. The molecule has 0 saturated heterocycles. The Balaban J connectivity index is 2.01. The number of alkyl halides is 1. The second-order valence-electron chi connectivity index (χ2n) is 6.87. The number of aromatic nitrogens is 2. The Morgan fingerprint density at radius 1 is 1.14 bits per heavy atom. The van der Waals surface area contributed by atoms with Crippen LogP contribution in [0.3, 0.4) is 0 Å². The van der Waals surface area contributed by atoms with Gasteiger partial charge in [-0.15, -0.1) is 11.6 Å². The van der Waals surface area contributed by atoms with E-state index in [-0.39, 0.29) is 11.8 Å². The molecule has 1 amide bonds.